The zero-order valence-corrected chi connectivity index (χ0v) is 11.4. The lowest BCUT2D eigenvalue weighted by Crippen LogP contribution is -2.45. The maximum absolute atomic E-state index is 12.3. The van der Waals surface area contributed by atoms with Crippen LogP contribution in [-0.4, -0.2) is 24.7 Å². The van der Waals surface area contributed by atoms with Crippen molar-refractivity contribution in [2.45, 2.75) is 26.3 Å². The van der Waals surface area contributed by atoms with Crippen molar-refractivity contribution in [2.24, 2.45) is 5.92 Å². The highest BCUT2D eigenvalue weighted by molar-refractivity contribution is 9.10. The van der Waals surface area contributed by atoms with Gasteiger partial charge in [-0.3, -0.25) is 4.79 Å². The maximum Gasteiger partial charge on any atom is 0.267 e. The molecule has 3 rings (SSSR count). The van der Waals surface area contributed by atoms with Crippen LogP contribution in [0.4, 0.5) is 5.69 Å². The van der Waals surface area contributed by atoms with Gasteiger partial charge in [0.1, 0.15) is 4.47 Å². The fourth-order valence-electron chi connectivity index (χ4n) is 3.00. The minimum atomic E-state index is 0. The number of halogens is 1. The Kier molecular flexibility index (Phi) is 3.82. The summed E-state index contributed by atoms with van der Waals surface area (Å²) < 4.78 is 2.60. The number of nitrogens with zero attached hydrogens (tertiary/aromatic N) is 1. The lowest BCUT2D eigenvalue weighted by molar-refractivity contribution is 0.257. The lowest BCUT2D eigenvalue weighted by Gasteiger charge is -2.37. The second-order valence-electron chi connectivity index (χ2n) is 4.92. The Morgan fingerprint density at radius 1 is 1.50 bits per heavy atom. The van der Waals surface area contributed by atoms with Crippen LogP contribution in [0.2, 0.25) is 0 Å². The van der Waals surface area contributed by atoms with Crippen LogP contribution in [0.25, 0.3) is 0 Å². The summed E-state index contributed by atoms with van der Waals surface area (Å²) >= 11 is 3.39. The molecule has 1 unspecified atom stereocenters. The molecule has 1 aromatic heterocycles. The van der Waals surface area contributed by atoms with Gasteiger partial charge in [0.25, 0.3) is 5.56 Å². The molecule has 1 aromatic rings. The van der Waals surface area contributed by atoms with Crippen LogP contribution in [0.5, 0.6) is 0 Å². The maximum atomic E-state index is 12.3. The normalized spacial score (nSPS) is 25.0. The Balaban J connectivity index is 0.00000120. The van der Waals surface area contributed by atoms with E-state index in [2.05, 4.69) is 32.6 Å². The minimum absolute atomic E-state index is 0. The van der Waals surface area contributed by atoms with E-state index in [9.17, 15) is 4.79 Å². The highest BCUT2D eigenvalue weighted by atomic mass is 79.9. The third-order valence-corrected chi connectivity index (χ3v) is 4.61. The number of rotatable bonds is 1. The van der Waals surface area contributed by atoms with Crippen molar-refractivity contribution in [1.29, 1.82) is 0 Å². The quantitative estimate of drug-likeness (QED) is 0.833. The first-order valence-electron chi connectivity index (χ1n) is 6.02. The van der Waals surface area contributed by atoms with Gasteiger partial charge in [-0.2, -0.15) is 0 Å². The fraction of sp³-hybridized carbons (Fsp3) is 0.615. The van der Waals surface area contributed by atoms with Gasteiger partial charge < -0.3 is 15.2 Å². The highest BCUT2D eigenvalue weighted by Gasteiger charge is 2.31. The van der Waals surface area contributed by atoms with Crippen LogP contribution in [0.3, 0.4) is 0 Å². The van der Waals surface area contributed by atoms with Crippen molar-refractivity contribution in [3.05, 3.63) is 26.6 Å². The molecule has 1 fully saturated rings. The average Bonchev–Trinajstić information content (AvgIpc) is 2.35. The van der Waals surface area contributed by atoms with Crippen LogP contribution in [0.1, 0.15) is 25.5 Å². The number of anilines is 1. The first-order chi connectivity index (χ1) is 8.20. The molecule has 2 bridgehead atoms. The summed E-state index contributed by atoms with van der Waals surface area (Å²) in [5.74, 6) is 1.08. The zero-order valence-electron chi connectivity index (χ0n) is 9.79. The molecule has 18 heavy (non-hydrogen) atoms. The standard InChI is InChI=1S/C12H16BrN3O.CH4/c1-14-9-3-10-8-2-7(4-15-5-8)6-16(10)12(17)11(9)13;/h3,7-8,14-15H,2,4-6H2,1H3;1H4/t7?,8-;/m0./s1. The molecule has 1 saturated heterocycles. The van der Waals surface area contributed by atoms with Crippen LogP contribution in [-0.2, 0) is 6.54 Å². The van der Waals surface area contributed by atoms with Gasteiger partial charge in [0.2, 0.25) is 0 Å². The molecule has 2 N–H and O–H groups in total. The first-order valence-corrected chi connectivity index (χ1v) is 6.81. The largest absolute Gasteiger partial charge is 0.387 e. The first kappa shape index (κ1) is 13.6. The average molecular weight is 314 g/mol. The lowest BCUT2D eigenvalue weighted by atomic mass is 9.84. The predicted octanol–water partition coefficient (Wildman–Crippen LogP) is 2.00. The molecule has 100 valence electrons. The van der Waals surface area contributed by atoms with Crippen molar-refractivity contribution in [1.82, 2.24) is 9.88 Å². The van der Waals surface area contributed by atoms with Crippen molar-refractivity contribution in [2.75, 3.05) is 25.5 Å². The summed E-state index contributed by atoms with van der Waals surface area (Å²) in [7, 11) is 1.85. The number of piperidine rings is 1. The van der Waals surface area contributed by atoms with Gasteiger partial charge in [-0.05, 0) is 40.9 Å². The van der Waals surface area contributed by atoms with E-state index in [1.165, 1.54) is 12.1 Å². The predicted molar refractivity (Wildman–Crippen MR) is 78.4 cm³/mol. The van der Waals surface area contributed by atoms with Crippen LogP contribution < -0.4 is 16.2 Å². The molecule has 0 aromatic carbocycles. The van der Waals surface area contributed by atoms with Gasteiger partial charge in [0.05, 0.1) is 5.69 Å². The topological polar surface area (TPSA) is 46.1 Å². The smallest absolute Gasteiger partial charge is 0.267 e. The molecular weight excluding hydrogens is 294 g/mol. The number of pyridine rings is 1. The van der Waals surface area contributed by atoms with Crippen molar-refractivity contribution >= 4 is 21.6 Å². The summed E-state index contributed by atoms with van der Waals surface area (Å²) in [5.41, 5.74) is 2.17. The zero-order chi connectivity index (χ0) is 12.0. The van der Waals surface area contributed by atoms with Gasteiger partial charge >= 0.3 is 0 Å². The molecule has 2 atom stereocenters. The van der Waals surface area contributed by atoms with Crippen LogP contribution >= 0.6 is 15.9 Å². The van der Waals surface area contributed by atoms with Gasteiger partial charge in [0.15, 0.2) is 0 Å². The highest BCUT2D eigenvalue weighted by Crippen LogP contribution is 2.34. The summed E-state index contributed by atoms with van der Waals surface area (Å²) in [6.45, 7) is 2.87. The van der Waals surface area contributed by atoms with Crippen molar-refractivity contribution in [3.8, 4) is 0 Å². The second-order valence-corrected chi connectivity index (χ2v) is 5.71. The number of hydrogen-bond acceptors (Lipinski definition) is 3. The summed E-state index contributed by atoms with van der Waals surface area (Å²) in [6, 6.07) is 2.11. The molecule has 2 aliphatic rings. The van der Waals surface area contributed by atoms with Gasteiger partial charge in [0, 0.05) is 31.7 Å². The van der Waals surface area contributed by atoms with E-state index in [-0.39, 0.29) is 13.0 Å². The molecule has 0 saturated carbocycles. The van der Waals surface area contributed by atoms with E-state index in [1.54, 1.807) is 0 Å². The Morgan fingerprint density at radius 3 is 3.00 bits per heavy atom. The molecule has 2 aliphatic heterocycles. The fourth-order valence-corrected chi connectivity index (χ4v) is 3.53. The van der Waals surface area contributed by atoms with E-state index in [1.807, 2.05) is 11.6 Å². The molecule has 0 aliphatic carbocycles. The number of nitrogens with one attached hydrogen (secondary N) is 2. The molecule has 0 amide bonds. The molecule has 5 heteroatoms. The van der Waals surface area contributed by atoms with E-state index >= 15 is 0 Å². The van der Waals surface area contributed by atoms with Crippen molar-refractivity contribution in [3.63, 3.8) is 0 Å². The summed E-state index contributed by atoms with van der Waals surface area (Å²) in [4.78, 5) is 12.3. The number of hydrogen-bond donors (Lipinski definition) is 2. The van der Waals surface area contributed by atoms with E-state index in [0.717, 1.165) is 25.3 Å². The molecular formula is C13H20BrN3O. The minimum Gasteiger partial charge on any atom is -0.387 e. The van der Waals surface area contributed by atoms with Crippen LogP contribution in [0, 0.1) is 5.92 Å². The van der Waals surface area contributed by atoms with Gasteiger partial charge in [-0.1, -0.05) is 7.43 Å². The Bertz CT molecular complexity index is 512. The molecule has 0 radical (unpaired) electrons. The summed E-state index contributed by atoms with van der Waals surface area (Å²) in [6.07, 6.45) is 1.21. The van der Waals surface area contributed by atoms with E-state index < -0.39 is 0 Å². The third-order valence-electron chi connectivity index (χ3n) is 3.84. The van der Waals surface area contributed by atoms with Gasteiger partial charge in [-0.25, -0.2) is 0 Å². The molecule has 4 nitrogen and oxygen atoms in total. The van der Waals surface area contributed by atoms with Crippen molar-refractivity contribution < 1.29 is 0 Å². The number of aromatic nitrogens is 1. The van der Waals surface area contributed by atoms with Crippen LogP contribution in [0.15, 0.2) is 15.3 Å². The van der Waals surface area contributed by atoms with E-state index in [4.69, 9.17) is 0 Å². The Labute approximate surface area is 116 Å². The second kappa shape index (κ2) is 5.05. The monoisotopic (exact) mass is 313 g/mol. The molecule has 0 spiro atoms. The third kappa shape index (κ3) is 1.99. The van der Waals surface area contributed by atoms with Gasteiger partial charge in [-0.15, -0.1) is 0 Å². The molecule has 3 heterocycles. The Hall–Kier alpha value is -0.810. The number of fused-ring (bicyclic) bond motifs is 4. The Morgan fingerprint density at radius 2 is 2.28 bits per heavy atom. The SMILES string of the molecule is C.CNc1cc2n(c(=O)c1Br)CC1CNC[C@@H]2C1. The van der Waals surface area contributed by atoms with E-state index in [0.29, 0.717) is 16.3 Å². The summed E-state index contributed by atoms with van der Waals surface area (Å²) in [5, 5.41) is 6.53.